The zero-order valence-electron chi connectivity index (χ0n) is 12.2. The molecule has 1 aliphatic rings. The molecule has 7 N–H and O–H groups in total. The first kappa shape index (κ1) is 18.4. The molecule has 0 aliphatic carbocycles. The van der Waals surface area contributed by atoms with Crippen LogP contribution >= 0.6 is 0 Å². The lowest BCUT2D eigenvalue weighted by atomic mass is 9.94. The molecule has 0 aromatic rings. The van der Waals surface area contributed by atoms with Gasteiger partial charge in [-0.1, -0.05) is 6.92 Å². The fourth-order valence-electron chi connectivity index (χ4n) is 2.02. The van der Waals surface area contributed by atoms with Gasteiger partial charge in [-0.2, -0.15) is 0 Å². The van der Waals surface area contributed by atoms with E-state index in [1.807, 2.05) is 6.92 Å². The van der Waals surface area contributed by atoms with Crippen molar-refractivity contribution in [1.29, 1.82) is 0 Å². The Balaban J connectivity index is 2.66. The molecule has 1 amide bonds. The van der Waals surface area contributed by atoms with Crippen molar-refractivity contribution >= 4 is 11.9 Å². The third kappa shape index (κ3) is 4.67. The number of aliphatic hydroxyl groups is 3. The largest absolute Gasteiger partial charge is 0.479 e. The van der Waals surface area contributed by atoms with Gasteiger partial charge in [0.05, 0.1) is 12.1 Å². The molecule has 0 bridgehead atoms. The zero-order valence-corrected chi connectivity index (χ0v) is 12.2. The first-order valence-electron chi connectivity index (χ1n) is 6.96. The lowest BCUT2D eigenvalue weighted by molar-refractivity contribution is -0.145. The first-order chi connectivity index (χ1) is 10.3. The highest BCUT2D eigenvalue weighted by Crippen LogP contribution is 2.21. The van der Waals surface area contributed by atoms with Crippen molar-refractivity contribution in [2.45, 2.75) is 50.2 Å². The van der Waals surface area contributed by atoms with Crippen LogP contribution in [-0.4, -0.2) is 69.3 Å². The van der Waals surface area contributed by atoms with E-state index >= 15 is 0 Å². The van der Waals surface area contributed by atoms with Crippen LogP contribution in [0.1, 0.15) is 19.8 Å². The Kier molecular flexibility index (Phi) is 6.75. The third-order valence-electron chi connectivity index (χ3n) is 3.29. The van der Waals surface area contributed by atoms with E-state index < -0.39 is 42.2 Å². The summed E-state index contributed by atoms with van der Waals surface area (Å²) in [6, 6.07) is -1.11. The minimum absolute atomic E-state index is 0.241. The van der Waals surface area contributed by atoms with Crippen LogP contribution in [0.3, 0.4) is 0 Å². The number of aliphatic hydroxyl groups excluding tert-OH is 3. The number of carboxylic acids is 1. The number of aliphatic carboxylic acids is 1. The fourth-order valence-corrected chi connectivity index (χ4v) is 2.02. The molecule has 0 aromatic heterocycles. The van der Waals surface area contributed by atoms with Gasteiger partial charge in [0.2, 0.25) is 11.7 Å². The van der Waals surface area contributed by atoms with Crippen LogP contribution in [0.4, 0.5) is 0 Å². The van der Waals surface area contributed by atoms with Gasteiger partial charge >= 0.3 is 5.97 Å². The standard InChI is InChI=1S/C13H22N2O7/c1-2-3-9(18)15-5-7(17)11(19)12-10(14)6(16)4-8(22-12)13(20)21/h4,6-7,10-12,16-17,19H,2-3,5,14H2,1H3,(H,15,18)(H,20,21)/t6?,7-,10+,11-,12?/m0/s1. The second-order valence-electron chi connectivity index (χ2n) is 5.10. The van der Waals surface area contributed by atoms with E-state index in [1.165, 1.54) is 0 Å². The number of hydrogen-bond acceptors (Lipinski definition) is 7. The molecule has 0 radical (unpaired) electrons. The van der Waals surface area contributed by atoms with Gasteiger partial charge in [-0.3, -0.25) is 4.79 Å². The Morgan fingerprint density at radius 1 is 1.45 bits per heavy atom. The lowest BCUT2D eigenvalue weighted by Gasteiger charge is -2.36. The van der Waals surface area contributed by atoms with E-state index in [0.717, 1.165) is 6.08 Å². The van der Waals surface area contributed by atoms with E-state index in [4.69, 9.17) is 15.6 Å². The van der Waals surface area contributed by atoms with E-state index in [0.29, 0.717) is 6.42 Å². The van der Waals surface area contributed by atoms with Crippen molar-refractivity contribution < 1.29 is 34.8 Å². The Labute approximate surface area is 127 Å². The minimum Gasteiger partial charge on any atom is -0.479 e. The predicted molar refractivity (Wildman–Crippen MR) is 74.5 cm³/mol. The number of rotatable bonds is 7. The summed E-state index contributed by atoms with van der Waals surface area (Å²) in [5.74, 6) is -2.26. The zero-order chi connectivity index (χ0) is 16.9. The Morgan fingerprint density at radius 3 is 2.64 bits per heavy atom. The van der Waals surface area contributed by atoms with Crippen LogP contribution in [0.25, 0.3) is 0 Å². The number of nitrogens with two attached hydrogens (primary N) is 1. The molecule has 0 aromatic carbocycles. The normalized spacial score (nSPS) is 27.3. The molecular formula is C13H22N2O7. The number of hydrogen-bond donors (Lipinski definition) is 6. The second kappa shape index (κ2) is 8.08. The summed E-state index contributed by atoms with van der Waals surface area (Å²) < 4.78 is 5.02. The highest BCUT2D eigenvalue weighted by Gasteiger charge is 2.40. The van der Waals surface area contributed by atoms with Crippen molar-refractivity contribution in [2.24, 2.45) is 5.73 Å². The number of carbonyl (C=O) groups is 2. The van der Waals surface area contributed by atoms with Gasteiger partial charge in [0.15, 0.2) is 0 Å². The van der Waals surface area contributed by atoms with Gasteiger partial charge in [0, 0.05) is 13.0 Å². The Morgan fingerprint density at radius 2 is 2.09 bits per heavy atom. The van der Waals surface area contributed by atoms with Crippen molar-refractivity contribution in [2.75, 3.05) is 6.54 Å². The van der Waals surface area contributed by atoms with Crippen LogP contribution in [-0.2, 0) is 14.3 Å². The molecule has 126 valence electrons. The van der Waals surface area contributed by atoms with Gasteiger partial charge in [-0.25, -0.2) is 4.79 Å². The predicted octanol–water partition coefficient (Wildman–Crippen LogP) is -2.32. The molecule has 0 spiro atoms. The summed E-state index contributed by atoms with van der Waals surface area (Å²) in [5, 5.41) is 40.9. The van der Waals surface area contributed by atoms with Gasteiger partial charge in [-0.05, 0) is 12.5 Å². The average molecular weight is 318 g/mol. The van der Waals surface area contributed by atoms with E-state index in [2.05, 4.69) is 5.32 Å². The molecule has 22 heavy (non-hydrogen) atoms. The monoisotopic (exact) mass is 318 g/mol. The molecule has 5 atom stereocenters. The molecule has 0 saturated heterocycles. The van der Waals surface area contributed by atoms with Crippen molar-refractivity contribution in [1.82, 2.24) is 5.32 Å². The average Bonchev–Trinajstić information content (AvgIpc) is 2.46. The molecule has 9 nitrogen and oxygen atoms in total. The molecule has 2 unspecified atom stereocenters. The highest BCUT2D eigenvalue weighted by molar-refractivity contribution is 5.84. The maximum absolute atomic E-state index is 11.3. The third-order valence-corrected chi connectivity index (χ3v) is 3.29. The fraction of sp³-hybridized carbons (Fsp3) is 0.692. The quantitative estimate of drug-likeness (QED) is 0.305. The van der Waals surface area contributed by atoms with Crippen LogP contribution in [0, 0.1) is 0 Å². The molecule has 0 saturated carbocycles. The van der Waals surface area contributed by atoms with Gasteiger partial charge in [0.1, 0.15) is 18.3 Å². The number of carboxylic acid groups (broad SMARTS) is 1. The molecule has 9 heteroatoms. The summed E-state index contributed by atoms with van der Waals surface area (Å²) >= 11 is 0. The van der Waals surface area contributed by atoms with Crippen LogP contribution < -0.4 is 11.1 Å². The van der Waals surface area contributed by atoms with Crippen molar-refractivity contribution in [3.05, 3.63) is 11.8 Å². The van der Waals surface area contributed by atoms with E-state index in [-0.39, 0.29) is 18.9 Å². The Bertz CT molecular complexity index is 440. The molecule has 1 aliphatic heterocycles. The number of ether oxygens (including phenoxy) is 1. The maximum Gasteiger partial charge on any atom is 0.370 e. The molecular weight excluding hydrogens is 296 g/mol. The number of carbonyl (C=O) groups excluding carboxylic acids is 1. The molecule has 0 fully saturated rings. The molecule has 1 rings (SSSR count). The molecule has 1 heterocycles. The van der Waals surface area contributed by atoms with E-state index in [1.54, 1.807) is 0 Å². The highest BCUT2D eigenvalue weighted by atomic mass is 16.5. The summed E-state index contributed by atoms with van der Waals surface area (Å²) in [6.07, 6.45) is -3.80. The van der Waals surface area contributed by atoms with E-state index in [9.17, 15) is 24.9 Å². The number of nitrogens with one attached hydrogen (secondary N) is 1. The van der Waals surface area contributed by atoms with Crippen molar-refractivity contribution in [3.63, 3.8) is 0 Å². The summed E-state index contributed by atoms with van der Waals surface area (Å²) in [6.45, 7) is 1.58. The summed E-state index contributed by atoms with van der Waals surface area (Å²) in [7, 11) is 0. The van der Waals surface area contributed by atoms with Crippen LogP contribution in [0.2, 0.25) is 0 Å². The summed E-state index contributed by atoms with van der Waals surface area (Å²) in [4.78, 5) is 22.2. The van der Waals surface area contributed by atoms with Crippen LogP contribution in [0.15, 0.2) is 11.8 Å². The first-order valence-corrected chi connectivity index (χ1v) is 6.96. The van der Waals surface area contributed by atoms with Crippen molar-refractivity contribution in [3.8, 4) is 0 Å². The SMILES string of the molecule is CCCC(=O)NC[C@H](O)[C@H](O)C1OC(C(=O)O)=CC(O)[C@H]1N. The van der Waals surface area contributed by atoms with Crippen LogP contribution in [0.5, 0.6) is 0 Å². The maximum atomic E-state index is 11.3. The topological polar surface area (TPSA) is 162 Å². The second-order valence-corrected chi connectivity index (χ2v) is 5.10. The Hall–Kier alpha value is -1.68. The van der Waals surface area contributed by atoms with Gasteiger partial charge < -0.3 is 36.2 Å². The number of amides is 1. The minimum atomic E-state index is -1.57. The van der Waals surface area contributed by atoms with Gasteiger partial charge in [-0.15, -0.1) is 0 Å². The smallest absolute Gasteiger partial charge is 0.370 e. The lowest BCUT2D eigenvalue weighted by Crippen LogP contribution is -2.58. The summed E-state index contributed by atoms with van der Waals surface area (Å²) in [5.41, 5.74) is 5.66. The van der Waals surface area contributed by atoms with Gasteiger partial charge in [0.25, 0.3) is 0 Å².